The molecule has 38 heavy (non-hydrogen) atoms. The minimum absolute atomic E-state index is 0.154. The van der Waals surface area contributed by atoms with Crippen LogP contribution in [-0.4, -0.2) is 41.4 Å². The quantitative estimate of drug-likeness (QED) is 0.170. The van der Waals surface area contributed by atoms with E-state index in [0.717, 1.165) is 45.5 Å². The van der Waals surface area contributed by atoms with Crippen molar-refractivity contribution in [1.29, 1.82) is 0 Å². The van der Waals surface area contributed by atoms with Gasteiger partial charge < -0.3 is 13.6 Å². The average molecular weight is 547 g/mol. The first-order valence-corrected chi connectivity index (χ1v) is 11.8. The van der Waals surface area contributed by atoms with Crippen LogP contribution in [0.4, 0.5) is 13.2 Å². The summed E-state index contributed by atoms with van der Waals surface area (Å²) in [6, 6.07) is 15.7. The van der Waals surface area contributed by atoms with Crippen molar-refractivity contribution >= 4 is 17.6 Å². The lowest BCUT2D eigenvalue weighted by Gasteiger charge is -2.23. The number of hydrogen-bond acceptors (Lipinski definition) is 5. The standard InChI is InChI=1S/C27H24ClF3N3O4/c1-34(2,3)16-17-4-6-19(7-5-17)25(35)37-23-13-12-22(28)14-20(23)15-33-26(36)38-24(32-33)18-8-10-21(11-9-18)27(29,30)31/h4-14H,15-16H2,1-3H3/q+1. The van der Waals surface area contributed by atoms with Crippen LogP contribution in [0.15, 0.2) is 75.9 Å². The smallest absolute Gasteiger partial charge is 0.423 e. The lowest BCUT2D eigenvalue weighted by molar-refractivity contribution is -0.884. The highest BCUT2D eigenvalue weighted by molar-refractivity contribution is 6.30. The molecular weight excluding hydrogens is 523 g/mol. The Labute approximate surface area is 221 Å². The number of hydrogen-bond donors (Lipinski definition) is 0. The van der Waals surface area contributed by atoms with Gasteiger partial charge in [0.1, 0.15) is 12.3 Å². The minimum Gasteiger partial charge on any atom is -0.423 e. The Morgan fingerprint density at radius 1 is 1.03 bits per heavy atom. The summed E-state index contributed by atoms with van der Waals surface area (Å²) in [7, 11) is 6.20. The third kappa shape index (κ3) is 6.70. The summed E-state index contributed by atoms with van der Waals surface area (Å²) in [5.41, 5.74) is 1.15. The first-order chi connectivity index (χ1) is 17.8. The number of halogens is 4. The zero-order valence-electron chi connectivity index (χ0n) is 20.8. The van der Waals surface area contributed by atoms with Gasteiger partial charge in [0.25, 0.3) is 0 Å². The molecule has 1 heterocycles. The zero-order valence-corrected chi connectivity index (χ0v) is 21.5. The second-order valence-corrected chi connectivity index (χ2v) is 10.1. The molecule has 0 aliphatic rings. The number of rotatable bonds is 7. The van der Waals surface area contributed by atoms with Gasteiger partial charge in [0.05, 0.1) is 38.8 Å². The predicted molar refractivity (Wildman–Crippen MR) is 135 cm³/mol. The average Bonchev–Trinajstić information content (AvgIpc) is 3.20. The van der Waals surface area contributed by atoms with E-state index in [1.165, 1.54) is 18.2 Å². The zero-order chi connectivity index (χ0) is 27.7. The van der Waals surface area contributed by atoms with E-state index in [1.54, 1.807) is 12.1 Å². The summed E-state index contributed by atoms with van der Waals surface area (Å²) in [4.78, 5) is 25.2. The number of carbonyl (C=O) groups excluding carboxylic acids is 1. The topological polar surface area (TPSA) is 74.3 Å². The van der Waals surface area contributed by atoms with Gasteiger partial charge >= 0.3 is 17.9 Å². The summed E-state index contributed by atoms with van der Waals surface area (Å²) in [6.45, 7) is 0.631. The third-order valence-electron chi connectivity index (χ3n) is 5.46. The highest BCUT2D eigenvalue weighted by atomic mass is 35.5. The number of benzene rings is 3. The molecule has 198 valence electrons. The van der Waals surface area contributed by atoms with Crippen molar-refractivity contribution in [2.75, 3.05) is 21.1 Å². The fraction of sp³-hybridized carbons (Fsp3) is 0.222. The maximum absolute atomic E-state index is 12.8. The van der Waals surface area contributed by atoms with Crippen LogP contribution in [-0.2, 0) is 19.3 Å². The van der Waals surface area contributed by atoms with Crippen LogP contribution >= 0.6 is 11.6 Å². The molecule has 11 heteroatoms. The van der Waals surface area contributed by atoms with Crippen molar-refractivity contribution in [3.05, 3.63) is 105 Å². The van der Waals surface area contributed by atoms with Gasteiger partial charge in [-0.1, -0.05) is 23.7 Å². The lowest BCUT2D eigenvalue weighted by atomic mass is 10.1. The molecule has 0 saturated carbocycles. The van der Waals surface area contributed by atoms with Crippen molar-refractivity contribution in [2.24, 2.45) is 0 Å². The monoisotopic (exact) mass is 546 g/mol. The largest absolute Gasteiger partial charge is 0.437 e. The second kappa shape index (κ2) is 10.5. The second-order valence-electron chi connectivity index (χ2n) is 9.69. The summed E-state index contributed by atoms with van der Waals surface area (Å²) in [5, 5.41) is 4.42. The molecular formula is C27H24ClF3N3O4+. The summed E-state index contributed by atoms with van der Waals surface area (Å²) < 4.78 is 50.9. The number of esters is 1. The fourth-order valence-electron chi connectivity index (χ4n) is 3.71. The summed E-state index contributed by atoms with van der Waals surface area (Å²) in [5.74, 6) is -1.42. The van der Waals surface area contributed by atoms with Gasteiger partial charge in [-0.15, -0.1) is 5.10 Å². The Balaban J connectivity index is 1.54. The number of aromatic nitrogens is 2. The number of ether oxygens (including phenoxy) is 1. The normalized spacial score (nSPS) is 12.0. The van der Waals surface area contributed by atoms with Crippen LogP contribution in [0.3, 0.4) is 0 Å². The number of alkyl halides is 3. The first-order valence-electron chi connectivity index (χ1n) is 11.4. The SMILES string of the molecule is C[N+](C)(C)Cc1ccc(C(=O)Oc2ccc(Cl)cc2Cn2nc(-c3ccc(C(F)(F)F)cc3)oc2=O)cc1. The Morgan fingerprint density at radius 2 is 1.68 bits per heavy atom. The van der Waals surface area contributed by atoms with Crippen LogP contribution in [0.5, 0.6) is 5.75 Å². The maximum Gasteiger partial charge on any atom is 0.437 e. The Hall–Kier alpha value is -3.89. The van der Waals surface area contributed by atoms with Crippen LogP contribution in [0.1, 0.15) is 27.0 Å². The van der Waals surface area contributed by atoms with E-state index in [1.807, 2.05) is 12.1 Å². The minimum atomic E-state index is -4.49. The van der Waals surface area contributed by atoms with Crippen LogP contribution in [0.25, 0.3) is 11.5 Å². The van der Waals surface area contributed by atoms with Crippen molar-refractivity contribution in [2.45, 2.75) is 19.3 Å². The molecule has 0 bridgehead atoms. The highest BCUT2D eigenvalue weighted by Crippen LogP contribution is 2.30. The van der Waals surface area contributed by atoms with Crippen LogP contribution < -0.4 is 10.5 Å². The molecule has 7 nitrogen and oxygen atoms in total. The van der Waals surface area contributed by atoms with Gasteiger partial charge in [0.2, 0.25) is 5.89 Å². The summed E-state index contributed by atoms with van der Waals surface area (Å²) in [6.07, 6.45) is -4.49. The van der Waals surface area contributed by atoms with Crippen molar-refractivity contribution in [3.8, 4) is 17.2 Å². The molecule has 0 amide bonds. The predicted octanol–water partition coefficient (Wildman–Crippen LogP) is 5.65. The molecule has 0 spiro atoms. The van der Waals surface area contributed by atoms with E-state index < -0.39 is 23.5 Å². The van der Waals surface area contributed by atoms with Gasteiger partial charge in [-0.25, -0.2) is 9.59 Å². The maximum atomic E-state index is 12.8. The molecule has 0 radical (unpaired) electrons. The van der Waals surface area contributed by atoms with Gasteiger partial charge in [0, 0.05) is 21.7 Å². The van der Waals surface area contributed by atoms with E-state index in [-0.39, 0.29) is 23.7 Å². The number of nitrogens with zero attached hydrogens (tertiary/aromatic N) is 3. The first kappa shape index (κ1) is 27.2. The molecule has 3 aromatic carbocycles. The van der Waals surface area contributed by atoms with E-state index >= 15 is 0 Å². The molecule has 4 aromatic rings. The lowest BCUT2D eigenvalue weighted by Crippen LogP contribution is -2.33. The van der Waals surface area contributed by atoms with E-state index in [2.05, 4.69) is 26.2 Å². The molecule has 1 aromatic heterocycles. The van der Waals surface area contributed by atoms with Crippen molar-refractivity contribution < 1.29 is 31.6 Å². The Morgan fingerprint density at radius 3 is 2.29 bits per heavy atom. The van der Waals surface area contributed by atoms with Crippen molar-refractivity contribution in [3.63, 3.8) is 0 Å². The van der Waals surface area contributed by atoms with Gasteiger partial charge in [-0.2, -0.15) is 17.9 Å². The van der Waals surface area contributed by atoms with Crippen molar-refractivity contribution in [1.82, 2.24) is 9.78 Å². The third-order valence-corrected chi connectivity index (χ3v) is 5.69. The van der Waals surface area contributed by atoms with Gasteiger partial charge in [-0.05, 0) is 54.6 Å². The number of quaternary nitrogens is 1. The molecule has 0 atom stereocenters. The molecule has 0 fully saturated rings. The molecule has 0 saturated heterocycles. The van der Waals surface area contributed by atoms with Crippen LogP contribution in [0.2, 0.25) is 5.02 Å². The fourth-order valence-corrected chi connectivity index (χ4v) is 3.90. The highest BCUT2D eigenvalue weighted by Gasteiger charge is 2.30. The summed E-state index contributed by atoms with van der Waals surface area (Å²) >= 11 is 6.13. The molecule has 0 aliphatic carbocycles. The van der Waals surface area contributed by atoms with E-state index in [4.69, 9.17) is 20.8 Å². The van der Waals surface area contributed by atoms with Gasteiger partial charge in [0.15, 0.2) is 0 Å². The molecule has 0 unspecified atom stereocenters. The molecule has 4 rings (SSSR count). The van der Waals surface area contributed by atoms with E-state index in [0.29, 0.717) is 16.1 Å². The number of carbonyl (C=O) groups is 1. The van der Waals surface area contributed by atoms with Crippen LogP contribution in [0, 0.1) is 0 Å². The molecule has 0 N–H and O–H groups in total. The van der Waals surface area contributed by atoms with E-state index in [9.17, 15) is 22.8 Å². The Kier molecular flexibility index (Phi) is 7.48. The Bertz CT molecular complexity index is 1500. The molecule has 0 aliphatic heterocycles. The van der Waals surface area contributed by atoms with Gasteiger partial charge in [-0.3, -0.25) is 0 Å².